The van der Waals surface area contributed by atoms with Crippen LogP contribution in [0, 0.1) is 0 Å². The molecule has 0 bridgehead atoms. The van der Waals surface area contributed by atoms with Crippen molar-refractivity contribution in [1.29, 1.82) is 0 Å². The Bertz CT molecular complexity index is 726. The molecule has 0 amide bonds. The van der Waals surface area contributed by atoms with Crippen LogP contribution < -0.4 is 5.32 Å². The monoisotopic (exact) mass is 300 g/mol. The van der Waals surface area contributed by atoms with Gasteiger partial charge in [0.15, 0.2) is 0 Å². The second kappa shape index (κ2) is 5.04. The summed E-state index contributed by atoms with van der Waals surface area (Å²) in [6, 6.07) is 15.8. The molecule has 0 fully saturated rings. The summed E-state index contributed by atoms with van der Waals surface area (Å²) in [7, 11) is 0. The van der Waals surface area contributed by atoms with Gasteiger partial charge in [0.2, 0.25) is 11.9 Å². The second-order valence-electron chi connectivity index (χ2n) is 4.33. The molecule has 0 unspecified atom stereocenters. The average molecular weight is 300 g/mol. The van der Waals surface area contributed by atoms with Crippen LogP contribution in [0.25, 0.3) is 22.1 Å². The minimum Gasteiger partial charge on any atom is -0.324 e. The van der Waals surface area contributed by atoms with E-state index in [1.165, 1.54) is 0 Å². The standard InChI is InChI=1S/C14H11N5.V/c1-2-6-10-9(5-1)15-13(16-10)19-14-17-11-7-3-4-8-12(11)18-14;/h1-8H,(H3,15,16,17,18,19);. The van der Waals surface area contributed by atoms with Gasteiger partial charge in [-0.2, -0.15) is 0 Å². The molecular formula is C14H11N5V. The van der Waals surface area contributed by atoms with Crippen molar-refractivity contribution in [3.8, 4) is 0 Å². The number of benzene rings is 2. The van der Waals surface area contributed by atoms with E-state index in [0.29, 0.717) is 11.9 Å². The number of H-pyrrole nitrogens is 2. The second-order valence-corrected chi connectivity index (χ2v) is 4.33. The number of nitrogens with zero attached hydrogens (tertiary/aromatic N) is 2. The van der Waals surface area contributed by atoms with Crippen LogP contribution in [-0.2, 0) is 18.6 Å². The van der Waals surface area contributed by atoms with Gasteiger partial charge in [-0.05, 0) is 24.3 Å². The summed E-state index contributed by atoms with van der Waals surface area (Å²) in [6.45, 7) is 0. The van der Waals surface area contributed by atoms with Crippen molar-refractivity contribution >= 4 is 34.0 Å². The van der Waals surface area contributed by atoms with E-state index >= 15 is 0 Å². The third-order valence-electron chi connectivity index (χ3n) is 3.02. The SMILES string of the molecule is [V].c1ccc2[nH]c(Nc3nc4ccccc4[nH]3)nc2c1. The van der Waals surface area contributed by atoms with Crippen molar-refractivity contribution in [2.24, 2.45) is 0 Å². The molecule has 0 saturated heterocycles. The third-order valence-corrected chi connectivity index (χ3v) is 3.02. The summed E-state index contributed by atoms with van der Waals surface area (Å²) >= 11 is 0. The molecule has 3 N–H and O–H groups in total. The molecule has 0 atom stereocenters. The third kappa shape index (κ3) is 2.17. The van der Waals surface area contributed by atoms with Gasteiger partial charge in [0.25, 0.3) is 0 Å². The molecular weight excluding hydrogens is 289 g/mol. The van der Waals surface area contributed by atoms with E-state index in [9.17, 15) is 0 Å². The average Bonchev–Trinajstić information content (AvgIpc) is 3.00. The van der Waals surface area contributed by atoms with E-state index in [4.69, 9.17) is 0 Å². The fourth-order valence-corrected chi connectivity index (χ4v) is 2.14. The first-order valence-corrected chi connectivity index (χ1v) is 6.05. The summed E-state index contributed by atoms with van der Waals surface area (Å²) in [5.74, 6) is 1.36. The summed E-state index contributed by atoms with van der Waals surface area (Å²) in [5, 5.41) is 3.15. The molecule has 0 aliphatic rings. The summed E-state index contributed by atoms with van der Waals surface area (Å²) < 4.78 is 0. The van der Waals surface area contributed by atoms with Crippen LogP contribution in [0.5, 0.6) is 0 Å². The quantitative estimate of drug-likeness (QED) is 0.532. The molecule has 1 radical (unpaired) electrons. The van der Waals surface area contributed by atoms with E-state index < -0.39 is 0 Å². The zero-order chi connectivity index (χ0) is 12.7. The number of hydrogen-bond acceptors (Lipinski definition) is 3. The van der Waals surface area contributed by atoms with E-state index in [0.717, 1.165) is 22.1 Å². The predicted molar refractivity (Wildman–Crippen MR) is 75.5 cm³/mol. The van der Waals surface area contributed by atoms with Crippen molar-refractivity contribution in [3.05, 3.63) is 48.5 Å². The molecule has 0 spiro atoms. The number of para-hydroxylation sites is 4. The van der Waals surface area contributed by atoms with Crippen LogP contribution in [0.15, 0.2) is 48.5 Å². The Labute approximate surface area is 126 Å². The van der Waals surface area contributed by atoms with Crippen LogP contribution in [0.1, 0.15) is 0 Å². The minimum absolute atomic E-state index is 0. The van der Waals surface area contributed by atoms with Gasteiger partial charge in [-0.1, -0.05) is 24.3 Å². The van der Waals surface area contributed by atoms with Crippen LogP contribution >= 0.6 is 0 Å². The normalized spacial score (nSPS) is 10.6. The Morgan fingerprint density at radius 2 is 1.15 bits per heavy atom. The van der Waals surface area contributed by atoms with Gasteiger partial charge in [-0.25, -0.2) is 9.97 Å². The smallest absolute Gasteiger partial charge is 0.208 e. The number of aromatic nitrogens is 4. The van der Waals surface area contributed by atoms with Gasteiger partial charge in [0.05, 0.1) is 22.1 Å². The molecule has 4 rings (SSSR count). The van der Waals surface area contributed by atoms with E-state index in [-0.39, 0.29) is 18.6 Å². The van der Waals surface area contributed by atoms with E-state index in [1.54, 1.807) is 0 Å². The minimum atomic E-state index is 0. The maximum atomic E-state index is 4.45. The molecule has 2 heterocycles. The van der Waals surface area contributed by atoms with Gasteiger partial charge in [0, 0.05) is 18.6 Å². The molecule has 2 aromatic heterocycles. The molecule has 6 heteroatoms. The number of hydrogen-bond donors (Lipinski definition) is 3. The topological polar surface area (TPSA) is 69.4 Å². The summed E-state index contributed by atoms with van der Waals surface area (Å²) in [5.41, 5.74) is 3.87. The van der Waals surface area contributed by atoms with Crippen molar-refractivity contribution in [2.45, 2.75) is 0 Å². The van der Waals surface area contributed by atoms with Crippen LogP contribution in [0.2, 0.25) is 0 Å². The fraction of sp³-hybridized carbons (Fsp3) is 0. The molecule has 0 saturated carbocycles. The van der Waals surface area contributed by atoms with Gasteiger partial charge in [-0.15, -0.1) is 0 Å². The van der Waals surface area contributed by atoms with Crippen LogP contribution in [0.3, 0.4) is 0 Å². The molecule has 97 valence electrons. The largest absolute Gasteiger partial charge is 0.324 e. The molecule has 20 heavy (non-hydrogen) atoms. The number of nitrogens with one attached hydrogen (secondary N) is 3. The number of fused-ring (bicyclic) bond motifs is 2. The Morgan fingerprint density at radius 1 is 0.700 bits per heavy atom. The van der Waals surface area contributed by atoms with E-state index in [1.807, 2.05) is 48.5 Å². The summed E-state index contributed by atoms with van der Waals surface area (Å²) in [4.78, 5) is 15.3. The fourth-order valence-electron chi connectivity index (χ4n) is 2.14. The van der Waals surface area contributed by atoms with Crippen molar-refractivity contribution in [1.82, 2.24) is 19.9 Å². The van der Waals surface area contributed by atoms with Crippen molar-refractivity contribution in [3.63, 3.8) is 0 Å². The Balaban J connectivity index is 0.00000121. The van der Waals surface area contributed by atoms with Gasteiger partial charge in [-0.3, -0.25) is 5.32 Å². The van der Waals surface area contributed by atoms with Gasteiger partial charge < -0.3 is 9.97 Å². The zero-order valence-electron chi connectivity index (χ0n) is 10.5. The number of aromatic amines is 2. The molecule has 0 aliphatic heterocycles. The summed E-state index contributed by atoms with van der Waals surface area (Å²) in [6.07, 6.45) is 0. The zero-order valence-corrected chi connectivity index (χ0v) is 11.9. The molecule has 4 aromatic rings. The van der Waals surface area contributed by atoms with Gasteiger partial charge in [0.1, 0.15) is 0 Å². The Morgan fingerprint density at radius 3 is 1.60 bits per heavy atom. The van der Waals surface area contributed by atoms with Crippen LogP contribution in [0.4, 0.5) is 11.9 Å². The molecule has 0 aliphatic carbocycles. The van der Waals surface area contributed by atoms with E-state index in [2.05, 4.69) is 25.3 Å². The first kappa shape index (κ1) is 12.8. The maximum absolute atomic E-state index is 4.45. The van der Waals surface area contributed by atoms with Crippen LogP contribution in [-0.4, -0.2) is 19.9 Å². The van der Waals surface area contributed by atoms with Crippen molar-refractivity contribution in [2.75, 3.05) is 5.32 Å². The van der Waals surface area contributed by atoms with Crippen molar-refractivity contribution < 1.29 is 18.6 Å². The predicted octanol–water partition coefficient (Wildman–Crippen LogP) is 3.18. The Kier molecular flexibility index (Phi) is 3.22. The number of imidazole rings is 2. The van der Waals surface area contributed by atoms with Gasteiger partial charge >= 0.3 is 0 Å². The molecule has 2 aromatic carbocycles. The first-order chi connectivity index (χ1) is 9.38. The Hall–Kier alpha value is -2.24. The maximum Gasteiger partial charge on any atom is 0.208 e. The first-order valence-electron chi connectivity index (χ1n) is 6.05. The molecule has 5 nitrogen and oxygen atoms in total. The number of rotatable bonds is 2. The number of anilines is 2.